The van der Waals surface area contributed by atoms with Crippen molar-refractivity contribution < 1.29 is 0 Å². The van der Waals surface area contributed by atoms with Gasteiger partial charge in [0.15, 0.2) is 0 Å². The van der Waals surface area contributed by atoms with Crippen molar-refractivity contribution in [1.82, 2.24) is 9.88 Å². The van der Waals surface area contributed by atoms with E-state index in [0.29, 0.717) is 6.04 Å². The zero-order chi connectivity index (χ0) is 14.2. The van der Waals surface area contributed by atoms with Gasteiger partial charge in [-0.25, -0.2) is 0 Å². The fraction of sp³-hybridized carbons (Fsp3) is 0.421. The molecule has 0 radical (unpaired) electrons. The molecule has 2 fully saturated rings. The number of nitrogens with zero attached hydrogens (tertiary/aromatic N) is 2. The molecule has 2 heteroatoms. The monoisotopic (exact) mass is 278 g/mol. The fourth-order valence-corrected chi connectivity index (χ4v) is 4.10. The fourth-order valence-electron chi connectivity index (χ4n) is 4.10. The van der Waals surface area contributed by atoms with Crippen LogP contribution in [0.15, 0.2) is 42.7 Å². The highest BCUT2D eigenvalue weighted by atomic mass is 15.2. The second-order valence-electron chi connectivity index (χ2n) is 6.51. The molecule has 1 aromatic heterocycles. The second kappa shape index (κ2) is 5.27. The van der Waals surface area contributed by atoms with Crippen LogP contribution in [0.25, 0.3) is 11.1 Å². The molecule has 2 bridgehead atoms. The number of benzene rings is 1. The number of rotatable bonds is 2. The van der Waals surface area contributed by atoms with E-state index in [0.717, 1.165) is 5.92 Å². The van der Waals surface area contributed by atoms with Crippen LogP contribution in [0.4, 0.5) is 0 Å². The summed E-state index contributed by atoms with van der Waals surface area (Å²) in [5.41, 5.74) is 5.41. The Labute approximate surface area is 126 Å². The molecule has 2 aliphatic rings. The number of hydrogen-bond acceptors (Lipinski definition) is 2. The molecule has 4 rings (SSSR count). The Balaban J connectivity index is 1.73. The topological polar surface area (TPSA) is 16.1 Å². The highest BCUT2D eigenvalue weighted by Crippen LogP contribution is 2.41. The molecule has 0 N–H and O–H groups in total. The summed E-state index contributed by atoms with van der Waals surface area (Å²) in [6.45, 7) is 4.82. The number of aromatic nitrogens is 1. The molecule has 21 heavy (non-hydrogen) atoms. The SMILES string of the molecule is Cc1c(-c2ccccc2)cncc1C1CCC2CCN1C2. The van der Waals surface area contributed by atoms with Gasteiger partial charge in [-0.1, -0.05) is 30.3 Å². The molecule has 3 unspecified atom stereocenters. The summed E-state index contributed by atoms with van der Waals surface area (Å²) in [6, 6.07) is 11.2. The van der Waals surface area contributed by atoms with Gasteiger partial charge in [0.25, 0.3) is 0 Å². The predicted molar refractivity (Wildman–Crippen MR) is 86.1 cm³/mol. The van der Waals surface area contributed by atoms with Crippen molar-refractivity contribution >= 4 is 0 Å². The summed E-state index contributed by atoms with van der Waals surface area (Å²) in [5, 5.41) is 0. The highest BCUT2D eigenvalue weighted by Gasteiger charge is 2.35. The third kappa shape index (κ3) is 2.28. The van der Waals surface area contributed by atoms with E-state index in [4.69, 9.17) is 0 Å². The van der Waals surface area contributed by atoms with Crippen LogP contribution in [0.5, 0.6) is 0 Å². The standard InChI is InChI=1S/C19H22N2/c1-14-17(16-5-3-2-4-6-16)11-20-12-18(14)19-8-7-15-9-10-21(19)13-15/h2-6,11-12,15,19H,7-10,13H2,1H3. The van der Waals surface area contributed by atoms with Crippen LogP contribution >= 0.6 is 0 Å². The van der Waals surface area contributed by atoms with Gasteiger partial charge in [-0.2, -0.15) is 0 Å². The summed E-state index contributed by atoms with van der Waals surface area (Å²) in [4.78, 5) is 7.23. The van der Waals surface area contributed by atoms with E-state index in [1.807, 2.05) is 6.20 Å². The molecule has 2 aliphatic heterocycles. The first-order chi connectivity index (χ1) is 10.3. The van der Waals surface area contributed by atoms with Crippen molar-refractivity contribution in [3.63, 3.8) is 0 Å². The Bertz CT molecular complexity index is 635. The molecule has 0 aliphatic carbocycles. The van der Waals surface area contributed by atoms with E-state index in [2.05, 4.69) is 53.3 Å². The van der Waals surface area contributed by atoms with E-state index < -0.39 is 0 Å². The molecule has 3 atom stereocenters. The maximum atomic E-state index is 4.55. The molecular formula is C19H22N2. The van der Waals surface area contributed by atoms with Crippen LogP contribution in [0.1, 0.15) is 36.4 Å². The first-order valence-corrected chi connectivity index (χ1v) is 8.07. The van der Waals surface area contributed by atoms with Crippen molar-refractivity contribution in [2.45, 2.75) is 32.2 Å². The van der Waals surface area contributed by atoms with Crippen molar-refractivity contribution in [2.75, 3.05) is 13.1 Å². The van der Waals surface area contributed by atoms with E-state index in [1.54, 1.807) is 0 Å². The van der Waals surface area contributed by atoms with Crippen molar-refractivity contribution in [2.24, 2.45) is 5.92 Å². The summed E-state index contributed by atoms with van der Waals surface area (Å²) in [5.74, 6) is 0.951. The lowest BCUT2D eigenvalue weighted by atomic mass is 9.89. The molecule has 2 nitrogen and oxygen atoms in total. The number of piperidine rings is 1. The van der Waals surface area contributed by atoms with Crippen LogP contribution in [-0.2, 0) is 0 Å². The van der Waals surface area contributed by atoms with Crippen LogP contribution in [0, 0.1) is 12.8 Å². The van der Waals surface area contributed by atoms with Gasteiger partial charge in [0.2, 0.25) is 0 Å². The Morgan fingerprint density at radius 3 is 2.76 bits per heavy atom. The molecule has 0 saturated carbocycles. The molecule has 0 spiro atoms. The number of hydrogen-bond donors (Lipinski definition) is 0. The van der Waals surface area contributed by atoms with Crippen molar-refractivity contribution in [3.05, 3.63) is 53.9 Å². The lowest BCUT2D eigenvalue weighted by molar-refractivity contribution is 0.182. The minimum atomic E-state index is 0.583. The van der Waals surface area contributed by atoms with Crippen LogP contribution < -0.4 is 0 Å². The maximum absolute atomic E-state index is 4.55. The van der Waals surface area contributed by atoms with Gasteiger partial charge in [-0.15, -0.1) is 0 Å². The van der Waals surface area contributed by atoms with Crippen LogP contribution in [0.2, 0.25) is 0 Å². The average molecular weight is 278 g/mol. The van der Waals surface area contributed by atoms with Gasteiger partial charge < -0.3 is 0 Å². The molecule has 1 aromatic carbocycles. The smallest absolute Gasteiger partial charge is 0.0366 e. The molecule has 3 heterocycles. The normalized spacial score (nSPS) is 27.8. The Morgan fingerprint density at radius 1 is 1.05 bits per heavy atom. The summed E-state index contributed by atoms with van der Waals surface area (Å²) in [6.07, 6.45) is 8.19. The third-order valence-corrected chi connectivity index (χ3v) is 5.30. The number of fused-ring (bicyclic) bond motifs is 2. The summed E-state index contributed by atoms with van der Waals surface area (Å²) < 4.78 is 0. The lowest BCUT2D eigenvalue weighted by Gasteiger charge is -2.33. The largest absolute Gasteiger partial charge is 0.296 e. The van der Waals surface area contributed by atoms with E-state index >= 15 is 0 Å². The minimum Gasteiger partial charge on any atom is -0.296 e. The van der Waals surface area contributed by atoms with Gasteiger partial charge >= 0.3 is 0 Å². The van der Waals surface area contributed by atoms with Gasteiger partial charge in [0.05, 0.1) is 0 Å². The quantitative estimate of drug-likeness (QED) is 0.818. The minimum absolute atomic E-state index is 0.583. The van der Waals surface area contributed by atoms with Gasteiger partial charge in [-0.3, -0.25) is 9.88 Å². The Hall–Kier alpha value is -1.67. The van der Waals surface area contributed by atoms with Gasteiger partial charge in [-0.05, 0) is 55.3 Å². The molecular weight excluding hydrogens is 256 g/mol. The van der Waals surface area contributed by atoms with Gasteiger partial charge in [0.1, 0.15) is 0 Å². The van der Waals surface area contributed by atoms with Crippen molar-refractivity contribution in [1.29, 1.82) is 0 Å². The third-order valence-electron chi connectivity index (χ3n) is 5.30. The summed E-state index contributed by atoms with van der Waals surface area (Å²) >= 11 is 0. The van der Waals surface area contributed by atoms with E-state index in [-0.39, 0.29) is 0 Å². The van der Waals surface area contributed by atoms with Gasteiger partial charge in [0, 0.05) is 30.5 Å². The second-order valence-corrected chi connectivity index (χ2v) is 6.51. The Morgan fingerprint density at radius 2 is 1.90 bits per heavy atom. The van der Waals surface area contributed by atoms with E-state index in [9.17, 15) is 0 Å². The zero-order valence-electron chi connectivity index (χ0n) is 12.6. The Kier molecular flexibility index (Phi) is 3.27. The molecule has 108 valence electrons. The van der Waals surface area contributed by atoms with Crippen molar-refractivity contribution in [3.8, 4) is 11.1 Å². The highest BCUT2D eigenvalue weighted by molar-refractivity contribution is 5.67. The van der Waals surface area contributed by atoms with E-state index in [1.165, 1.54) is 54.6 Å². The van der Waals surface area contributed by atoms with Crippen LogP contribution in [0.3, 0.4) is 0 Å². The lowest BCUT2D eigenvalue weighted by Crippen LogP contribution is -2.31. The first-order valence-electron chi connectivity index (χ1n) is 8.07. The molecule has 2 aromatic rings. The predicted octanol–water partition coefficient (Wildman–Crippen LogP) is 4.21. The molecule has 2 saturated heterocycles. The average Bonchev–Trinajstić information content (AvgIpc) is 2.91. The zero-order valence-corrected chi connectivity index (χ0v) is 12.6. The maximum Gasteiger partial charge on any atom is 0.0366 e. The molecule has 0 amide bonds. The summed E-state index contributed by atoms with van der Waals surface area (Å²) in [7, 11) is 0. The first kappa shape index (κ1) is 13.0. The number of pyridine rings is 1. The van der Waals surface area contributed by atoms with Crippen LogP contribution in [-0.4, -0.2) is 23.0 Å².